The van der Waals surface area contributed by atoms with Gasteiger partial charge in [0.25, 0.3) is 0 Å². The average Bonchev–Trinajstić information content (AvgIpc) is 2.91. The zero-order valence-corrected chi connectivity index (χ0v) is 15.1. The normalized spacial score (nSPS) is 21.2. The minimum Gasteiger partial charge on any atom is -0.391 e. The van der Waals surface area contributed by atoms with Crippen LogP contribution < -0.4 is 27.8 Å². The summed E-state index contributed by atoms with van der Waals surface area (Å²) >= 11 is 0. The molecule has 0 aromatic heterocycles. The Labute approximate surface area is 152 Å². The maximum atomic E-state index is 12.7. The second-order valence-electron chi connectivity index (χ2n) is 6.97. The minimum atomic E-state index is -1.32. The van der Waals surface area contributed by atoms with Crippen LogP contribution >= 0.6 is 0 Å². The number of aliphatic hydroxyl groups is 1. The van der Waals surface area contributed by atoms with Crippen molar-refractivity contribution in [2.24, 2.45) is 17.2 Å². The number of primary amides is 1. The molecule has 3 amide bonds. The highest BCUT2D eigenvalue weighted by atomic mass is 16.3. The molecule has 1 heterocycles. The molecule has 1 aliphatic heterocycles. The monoisotopic (exact) mass is 371 g/mol. The molecule has 0 aromatic carbocycles. The van der Waals surface area contributed by atoms with E-state index in [2.05, 4.69) is 10.6 Å². The zero-order valence-electron chi connectivity index (χ0n) is 15.1. The van der Waals surface area contributed by atoms with E-state index in [-0.39, 0.29) is 18.9 Å². The van der Waals surface area contributed by atoms with Crippen LogP contribution in [-0.2, 0) is 14.4 Å². The Morgan fingerprint density at radius 3 is 2.50 bits per heavy atom. The molecule has 26 heavy (non-hydrogen) atoms. The molecule has 0 aromatic rings. The first-order chi connectivity index (χ1) is 12.0. The minimum absolute atomic E-state index is 0.0193. The molecule has 1 fully saturated rings. The van der Waals surface area contributed by atoms with E-state index in [4.69, 9.17) is 22.6 Å². The van der Waals surface area contributed by atoms with Gasteiger partial charge in [0, 0.05) is 19.5 Å². The summed E-state index contributed by atoms with van der Waals surface area (Å²) in [5, 5.41) is 21.9. The Kier molecular flexibility index (Phi) is 7.33. The highest BCUT2D eigenvalue weighted by Crippen LogP contribution is 2.21. The molecule has 1 unspecified atom stereocenters. The first-order valence-electron chi connectivity index (χ1n) is 8.39. The van der Waals surface area contributed by atoms with Gasteiger partial charge in [0.15, 0.2) is 5.96 Å². The summed E-state index contributed by atoms with van der Waals surface area (Å²) in [6.45, 7) is 3.39. The van der Waals surface area contributed by atoms with Gasteiger partial charge >= 0.3 is 0 Å². The van der Waals surface area contributed by atoms with Crippen LogP contribution in [-0.4, -0.2) is 70.5 Å². The summed E-state index contributed by atoms with van der Waals surface area (Å²) < 4.78 is 0. The SMILES string of the molecule is CC(C)(NC(=O)C(N)CCCNC(=N)N)C(=O)N1C[C@H](O)C[C@H]1C(N)=O. The first-order valence-corrected chi connectivity index (χ1v) is 8.39. The number of hydrogen-bond acceptors (Lipinski definition) is 6. The van der Waals surface area contributed by atoms with Gasteiger partial charge in [0.1, 0.15) is 11.6 Å². The van der Waals surface area contributed by atoms with Crippen molar-refractivity contribution in [3.63, 3.8) is 0 Å². The topological polar surface area (TPSA) is 201 Å². The number of nitrogens with two attached hydrogens (primary N) is 3. The third-order valence-electron chi connectivity index (χ3n) is 4.18. The molecule has 11 nitrogen and oxygen atoms in total. The predicted molar refractivity (Wildman–Crippen MR) is 94.7 cm³/mol. The lowest BCUT2D eigenvalue weighted by atomic mass is 10.0. The Morgan fingerprint density at radius 1 is 1.35 bits per heavy atom. The van der Waals surface area contributed by atoms with Crippen LogP contribution in [0.1, 0.15) is 33.1 Å². The van der Waals surface area contributed by atoms with E-state index in [1.54, 1.807) is 0 Å². The van der Waals surface area contributed by atoms with E-state index in [0.717, 1.165) is 0 Å². The summed E-state index contributed by atoms with van der Waals surface area (Å²) in [4.78, 5) is 37.7. The number of guanidine groups is 1. The van der Waals surface area contributed by atoms with Crippen LogP contribution in [0.2, 0.25) is 0 Å². The van der Waals surface area contributed by atoms with Crippen molar-refractivity contribution in [2.45, 2.75) is 56.8 Å². The molecule has 0 saturated carbocycles. The van der Waals surface area contributed by atoms with Gasteiger partial charge in [-0.05, 0) is 26.7 Å². The van der Waals surface area contributed by atoms with Crippen molar-refractivity contribution < 1.29 is 19.5 Å². The number of hydrogen-bond donors (Lipinski definition) is 7. The summed E-state index contributed by atoms with van der Waals surface area (Å²) in [6.07, 6.45) is 0.0974. The third-order valence-corrected chi connectivity index (χ3v) is 4.18. The largest absolute Gasteiger partial charge is 0.391 e. The second-order valence-corrected chi connectivity index (χ2v) is 6.97. The van der Waals surface area contributed by atoms with Gasteiger partial charge in [0.05, 0.1) is 12.1 Å². The molecule has 0 bridgehead atoms. The number of aliphatic hydroxyl groups excluding tert-OH is 1. The number of rotatable bonds is 8. The molecular weight excluding hydrogens is 342 g/mol. The van der Waals surface area contributed by atoms with Crippen LogP contribution in [0, 0.1) is 5.41 Å². The maximum Gasteiger partial charge on any atom is 0.248 e. The van der Waals surface area contributed by atoms with Crippen LogP contribution in [0.25, 0.3) is 0 Å². The Morgan fingerprint density at radius 2 is 1.96 bits per heavy atom. The zero-order chi connectivity index (χ0) is 20.1. The maximum absolute atomic E-state index is 12.7. The molecule has 1 saturated heterocycles. The van der Waals surface area contributed by atoms with Crippen molar-refractivity contribution in [2.75, 3.05) is 13.1 Å². The first kappa shape index (κ1) is 21.6. The van der Waals surface area contributed by atoms with Crippen molar-refractivity contribution >= 4 is 23.7 Å². The number of carbonyl (C=O) groups is 3. The van der Waals surface area contributed by atoms with Gasteiger partial charge in [-0.15, -0.1) is 0 Å². The second kappa shape index (κ2) is 8.81. The van der Waals surface area contributed by atoms with Crippen molar-refractivity contribution in [1.29, 1.82) is 5.41 Å². The Hall–Kier alpha value is -2.40. The molecule has 1 rings (SSSR count). The van der Waals surface area contributed by atoms with Gasteiger partial charge in [-0.3, -0.25) is 19.8 Å². The number of carbonyl (C=O) groups excluding carboxylic acids is 3. The molecule has 0 radical (unpaired) electrons. The molecule has 148 valence electrons. The average molecular weight is 371 g/mol. The Balaban J connectivity index is 2.63. The van der Waals surface area contributed by atoms with Crippen LogP contribution in [0.5, 0.6) is 0 Å². The highest BCUT2D eigenvalue weighted by molar-refractivity contribution is 5.95. The lowest BCUT2D eigenvalue weighted by Gasteiger charge is -2.33. The number of amides is 3. The lowest BCUT2D eigenvalue weighted by Crippen LogP contribution is -2.60. The summed E-state index contributed by atoms with van der Waals surface area (Å²) in [5.74, 6) is -1.89. The van der Waals surface area contributed by atoms with Gasteiger partial charge in [0.2, 0.25) is 17.7 Å². The van der Waals surface area contributed by atoms with E-state index in [1.165, 1.54) is 18.7 Å². The van der Waals surface area contributed by atoms with Gasteiger partial charge in [-0.2, -0.15) is 0 Å². The van der Waals surface area contributed by atoms with E-state index >= 15 is 0 Å². The van der Waals surface area contributed by atoms with Crippen LogP contribution in [0.4, 0.5) is 0 Å². The van der Waals surface area contributed by atoms with E-state index < -0.39 is 41.4 Å². The molecule has 0 spiro atoms. The summed E-state index contributed by atoms with van der Waals surface area (Å²) in [5.41, 5.74) is 15.0. The van der Waals surface area contributed by atoms with Crippen molar-refractivity contribution in [3.8, 4) is 0 Å². The van der Waals surface area contributed by atoms with Gasteiger partial charge < -0.3 is 37.8 Å². The number of nitrogens with one attached hydrogen (secondary N) is 3. The highest BCUT2D eigenvalue weighted by Gasteiger charge is 2.43. The molecule has 3 atom stereocenters. The number of likely N-dealkylation sites (tertiary alicyclic amines) is 1. The standard InChI is InChI=1S/C15H29N7O4/c1-15(2,13(26)22-7-8(23)6-10(22)11(17)24)21-12(25)9(16)4-3-5-20-14(18)19/h8-10,23H,3-7,16H2,1-2H3,(H2,17,24)(H,21,25)(H4,18,19,20)/t8-,9?,10+/m1/s1. The van der Waals surface area contributed by atoms with Crippen LogP contribution in [0.15, 0.2) is 0 Å². The Bertz CT molecular complexity index is 566. The van der Waals surface area contributed by atoms with E-state index in [9.17, 15) is 19.5 Å². The molecule has 10 N–H and O–H groups in total. The molecule has 1 aliphatic rings. The molecule has 0 aliphatic carbocycles. The number of β-amino-alcohol motifs (C(OH)–C–C–N with tert-alkyl or cyclic N) is 1. The smallest absolute Gasteiger partial charge is 0.248 e. The fourth-order valence-electron chi connectivity index (χ4n) is 2.80. The fraction of sp³-hybridized carbons (Fsp3) is 0.733. The summed E-state index contributed by atoms with van der Waals surface area (Å²) in [6, 6.07) is -1.74. The molecule has 11 heteroatoms. The molecular formula is C15H29N7O4. The van der Waals surface area contributed by atoms with Crippen molar-refractivity contribution in [1.82, 2.24) is 15.5 Å². The lowest BCUT2D eigenvalue weighted by molar-refractivity contribution is -0.144. The van der Waals surface area contributed by atoms with Crippen LogP contribution in [0.3, 0.4) is 0 Å². The number of nitrogens with zero attached hydrogens (tertiary/aromatic N) is 1. The summed E-state index contributed by atoms with van der Waals surface area (Å²) in [7, 11) is 0. The third kappa shape index (κ3) is 5.85. The van der Waals surface area contributed by atoms with Crippen molar-refractivity contribution in [3.05, 3.63) is 0 Å². The predicted octanol–water partition coefficient (Wildman–Crippen LogP) is -3.08. The fourth-order valence-corrected chi connectivity index (χ4v) is 2.80. The quantitative estimate of drug-likeness (QED) is 0.133. The van der Waals surface area contributed by atoms with E-state index in [0.29, 0.717) is 19.4 Å². The van der Waals surface area contributed by atoms with E-state index in [1.807, 2.05) is 0 Å². The van der Waals surface area contributed by atoms with Gasteiger partial charge in [-0.1, -0.05) is 0 Å². The van der Waals surface area contributed by atoms with Gasteiger partial charge in [-0.25, -0.2) is 0 Å².